The van der Waals surface area contributed by atoms with E-state index in [1.807, 2.05) is 30.3 Å². The van der Waals surface area contributed by atoms with E-state index in [9.17, 15) is 0 Å². The van der Waals surface area contributed by atoms with E-state index in [2.05, 4.69) is 28.1 Å². The van der Waals surface area contributed by atoms with E-state index >= 15 is 0 Å². The first-order valence-corrected chi connectivity index (χ1v) is 7.71. The van der Waals surface area contributed by atoms with Gasteiger partial charge in [-0.2, -0.15) is 0 Å². The van der Waals surface area contributed by atoms with Crippen molar-refractivity contribution in [1.29, 1.82) is 0 Å². The molecule has 4 heteroatoms. The van der Waals surface area contributed by atoms with E-state index in [1.54, 1.807) is 11.8 Å². The van der Waals surface area contributed by atoms with Crippen LogP contribution in [0.2, 0.25) is 5.02 Å². The monoisotopic (exact) mass is 341 g/mol. The maximum Gasteiger partial charge on any atom is 0.0446 e. The highest BCUT2D eigenvalue weighted by Crippen LogP contribution is 2.32. The summed E-state index contributed by atoms with van der Waals surface area (Å²) < 4.78 is 1.06. The second-order valence-electron chi connectivity index (χ2n) is 3.80. The number of rotatable bonds is 4. The van der Waals surface area contributed by atoms with Gasteiger partial charge in [0.1, 0.15) is 0 Å². The predicted molar refractivity (Wildman–Crippen MR) is 83.0 cm³/mol. The molecule has 2 aromatic rings. The number of hydrogen-bond donors (Lipinski definition) is 1. The third kappa shape index (κ3) is 3.29. The second-order valence-corrected chi connectivity index (χ2v) is 6.08. The fourth-order valence-corrected chi connectivity index (χ4v) is 3.69. The molecular formula is C14H13BrClNS. The van der Waals surface area contributed by atoms with Crippen LogP contribution in [0.25, 0.3) is 0 Å². The molecule has 2 aromatic carbocycles. The Morgan fingerprint density at radius 2 is 1.89 bits per heavy atom. The molecule has 0 saturated heterocycles. The molecule has 0 unspecified atom stereocenters. The molecule has 0 amide bonds. The molecule has 2 rings (SSSR count). The van der Waals surface area contributed by atoms with E-state index in [-0.39, 0.29) is 0 Å². The van der Waals surface area contributed by atoms with Crippen molar-refractivity contribution in [3.05, 3.63) is 63.1 Å². The maximum atomic E-state index is 6.15. The Hall–Kier alpha value is -0.480. The number of halogens is 2. The standard InChI is InChI=1S/C14H13BrClNS/c15-12-5-3-7-14(11(12)8-17)18-9-10-4-1-2-6-13(10)16/h1-7H,8-9,17H2. The largest absolute Gasteiger partial charge is 0.326 e. The molecule has 94 valence electrons. The Morgan fingerprint density at radius 1 is 1.11 bits per heavy atom. The Morgan fingerprint density at radius 3 is 2.61 bits per heavy atom. The van der Waals surface area contributed by atoms with E-state index in [0.29, 0.717) is 6.54 Å². The molecule has 0 aliphatic carbocycles. The molecule has 0 fully saturated rings. The summed E-state index contributed by atoms with van der Waals surface area (Å²) in [6.07, 6.45) is 0. The summed E-state index contributed by atoms with van der Waals surface area (Å²) in [5.41, 5.74) is 8.07. The smallest absolute Gasteiger partial charge is 0.0446 e. The number of nitrogens with two attached hydrogens (primary N) is 1. The molecule has 1 nitrogen and oxygen atoms in total. The normalized spacial score (nSPS) is 10.6. The summed E-state index contributed by atoms with van der Waals surface area (Å²) in [6.45, 7) is 0.534. The SMILES string of the molecule is NCc1c(Br)cccc1SCc1ccccc1Cl. The van der Waals surface area contributed by atoms with Crippen molar-refractivity contribution in [2.75, 3.05) is 0 Å². The van der Waals surface area contributed by atoms with Gasteiger partial charge in [-0.25, -0.2) is 0 Å². The highest BCUT2D eigenvalue weighted by atomic mass is 79.9. The zero-order chi connectivity index (χ0) is 13.0. The lowest BCUT2D eigenvalue weighted by Gasteiger charge is -2.10. The van der Waals surface area contributed by atoms with Gasteiger partial charge in [0.25, 0.3) is 0 Å². The molecule has 0 aromatic heterocycles. The Bertz CT molecular complexity index is 545. The van der Waals surface area contributed by atoms with Crippen LogP contribution in [0.5, 0.6) is 0 Å². The summed E-state index contributed by atoms with van der Waals surface area (Å²) in [5.74, 6) is 0.850. The van der Waals surface area contributed by atoms with Crippen molar-refractivity contribution in [2.24, 2.45) is 5.73 Å². The Kier molecular flexibility index (Phi) is 5.13. The summed E-state index contributed by atoms with van der Waals surface area (Å²) >= 11 is 11.4. The summed E-state index contributed by atoms with van der Waals surface area (Å²) in [4.78, 5) is 1.20. The van der Waals surface area contributed by atoms with Crippen molar-refractivity contribution < 1.29 is 0 Å². The molecule has 0 atom stereocenters. The lowest BCUT2D eigenvalue weighted by Crippen LogP contribution is -1.99. The first-order valence-electron chi connectivity index (χ1n) is 5.56. The van der Waals surface area contributed by atoms with Gasteiger partial charge in [-0.1, -0.05) is 51.8 Å². The molecule has 0 radical (unpaired) electrons. The average Bonchev–Trinajstić information content (AvgIpc) is 2.38. The molecule has 0 spiro atoms. The van der Waals surface area contributed by atoms with Crippen molar-refractivity contribution in [1.82, 2.24) is 0 Å². The van der Waals surface area contributed by atoms with Gasteiger partial charge in [-0.3, -0.25) is 0 Å². The molecular weight excluding hydrogens is 330 g/mol. The molecule has 0 aliphatic rings. The fraction of sp³-hybridized carbons (Fsp3) is 0.143. The quantitative estimate of drug-likeness (QED) is 0.803. The third-order valence-electron chi connectivity index (χ3n) is 2.62. The van der Waals surface area contributed by atoms with Gasteiger partial charge in [0.2, 0.25) is 0 Å². The first kappa shape index (κ1) is 13.9. The zero-order valence-corrected chi connectivity index (χ0v) is 12.9. The van der Waals surface area contributed by atoms with Crippen molar-refractivity contribution >= 4 is 39.3 Å². The molecule has 0 bridgehead atoms. The minimum atomic E-state index is 0.534. The van der Waals surface area contributed by atoms with Crippen LogP contribution < -0.4 is 5.73 Å². The molecule has 0 saturated carbocycles. The minimum absolute atomic E-state index is 0.534. The van der Waals surface area contributed by atoms with E-state index < -0.39 is 0 Å². The third-order valence-corrected chi connectivity index (χ3v) is 4.88. The van der Waals surface area contributed by atoms with Crippen LogP contribution in [0.4, 0.5) is 0 Å². The van der Waals surface area contributed by atoms with Crippen LogP contribution in [-0.2, 0) is 12.3 Å². The molecule has 0 heterocycles. The summed E-state index contributed by atoms with van der Waals surface area (Å²) in [6, 6.07) is 14.1. The topological polar surface area (TPSA) is 26.0 Å². The van der Waals surface area contributed by atoms with Crippen LogP contribution in [-0.4, -0.2) is 0 Å². The van der Waals surface area contributed by atoms with Gasteiger partial charge in [0, 0.05) is 26.7 Å². The zero-order valence-electron chi connectivity index (χ0n) is 9.70. The maximum absolute atomic E-state index is 6.15. The van der Waals surface area contributed by atoms with Crippen LogP contribution in [0.1, 0.15) is 11.1 Å². The van der Waals surface area contributed by atoms with Gasteiger partial charge >= 0.3 is 0 Å². The van der Waals surface area contributed by atoms with E-state index in [4.69, 9.17) is 17.3 Å². The lowest BCUT2D eigenvalue weighted by molar-refractivity contribution is 1.02. The van der Waals surface area contributed by atoms with Crippen LogP contribution in [0.15, 0.2) is 51.8 Å². The van der Waals surface area contributed by atoms with Crippen LogP contribution in [0, 0.1) is 0 Å². The van der Waals surface area contributed by atoms with Gasteiger partial charge in [-0.05, 0) is 29.3 Å². The molecule has 0 aliphatic heterocycles. The van der Waals surface area contributed by atoms with Crippen molar-refractivity contribution in [2.45, 2.75) is 17.2 Å². The number of thioether (sulfide) groups is 1. The van der Waals surface area contributed by atoms with E-state index in [0.717, 1.165) is 26.4 Å². The van der Waals surface area contributed by atoms with Crippen LogP contribution in [0.3, 0.4) is 0 Å². The number of benzene rings is 2. The highest BCUT2D eigenvalue weighted by Gasteiger charge is 2.07. The highest BCUT2D eigenvalue weighted by molar-refractivity contribution is 9.10. The fourth-order valence-electron chi connectivity index (χ4n) is 1.64. The van der Waals surface area contributed by atoms with Crippen molar-refractivity contribution in [3.8, 4) is 0 Å². The van der Waals surface area contributed by atoms with Crippen molar-refractivity contribution in [3.63, 3.8) is 0 Å². The summed E-state index contributed by atoms with van der Waals surface area (Å²) in [5, 5.41) is 0.814. The number of hydrogen-bond acceptors (Lipinski definition) is 2. The van der Waals surface area contributed by atoms with E-state index in [1.165, 1.54) is 4.90 Å². The van der Waals surface area contributed by atoms with Gasteiger partial charge in [-0.15, -0.1) is 11.8 Å². The average molecular weight is 343 g/mol. The Labute approximate surface area is 125 Å². The predicted octanol–water partition coefficient (Wildman–Crippen LogP) is 4.85. The minimum Gasteiger partial charge on any atom is -0.326 e. The first-order chi connectivity index (χ1) is 8.72. The molecule has 2 N–H and O–H groups in total. The Balaban J connectivity index is 2.16. The second kappa shape index (κ2) is 6.62. The van der Waals surface area contributed by atoms with Gasteiger partial charge in [0.15, 0.2) is 0 Å². The van der Waals surface area contributed by atoms with Gasteiger partial charge < -0.3 is 5.73 Å². The lowest BCUT2D eigenvalue weighted by atomic mass is 10.2. The molecule has 18 heavy (non-hydrogen) atoms. The van der Waals surface area contributed by atoms with Crippen LogP contribution >= 0.6 is 39.3 Å². The van der Waals surface area contributed by atoms with Gasteiger partial charge in [0.05, 0.1) is 0 Å². The summed E-state index contributed by atoms with van der Waals surface area (Å²) in [7, 11) is 0.